The number of aliphatic hydroxyl groups excluding tert-OH is 1. The molecule has 0 aromatic carbocycles. The second-order valence-electron chi connectivity index (χ2n) is 3.49. The van der Waals surface area contributed by atoms with Crippen LogP contribution >= 0.6 is 0 Å². The predicted molar refractivity (Wildman–Crippen MR) is 41.5 cm³/mol. The van der Waals surface area contributed by atoms with Crippen molar-refractivity contribution in [3.05, 3.63) is 23.7 Å². The van der Waals surface area contributed by atoms with Gasteiger partial charge in [-0.15, -0.1) is 0 Å². The first-order chi connectivity index (χ1) is 6.48. The van der Waals surface area contributed by atoms with Crippen LogP contribution in [0.1, 0.15) is 23.8 Å². The first kappa shape index (κ1) is 9.58. The largest absolute Gasteiger partial charge is 0.469 e. The second-order valence-corrected chi connectivity index (χ2v) is 3.49. The standard InChI is InChI=1S/C9H9F3O2/c10-9(11,12)5-3-7(13)6-1-2-14-8(6)4-5/h1-2,5,7,13H,3-4H2/t5-,7+/m0/s1. The lowest BCUT2D eigenvalue weighted by molar-refractivity contribution is -0.185. The Kier molecular flexibility index (Phi) is 2.06. The molecule has 2 atom stereocenters. The Morgan fingerprint density at radius 1 is 1.43 bits per heavy atom. The Bertz CT molecular complexity index is 329. The van der Waals surface area contributed by atoms with Crippen molar-refractivity contribution in [1.29, 1.82) is 0 Å². The lowest BCUT2D eigenvalue weighted by Crippen LogP contribution is -2.30. The lowest BCUT2D eigenvalue weighted by atomic mass is 9.86. The molecular weight excluding hydrogens is 197 g/mol. The van der Waals surface area contributed by atoms with Gasteiger partial charge in [-0.3, -0.25) is 0 Å². The Morgan fingerprint density at radius 2 is 2.14 bits per heavy atom. The lowest BCUT2D eigenvalue weighted by Gasteiger charge is -2.26. The summed E-state index contributed by atoms with van der Waals surface area (Å²) in [6.45, 7) is 0. The fraction of sp³-hybridized carbons (Fsp3) is 0.556. The van der Waals surface area contributed by atoms with E-state index in [1.54, 1.807) is 0 Å². The Balaban J connectivity index is 2.26. The van der Waals surface area contributed by atoms with E-state index in [0.29, 0.717) is 5.56 Å². The van der Waals surface area contributed by atoms with Crippen LogP contribution in [0.25, 0.3) is 0 Å². The highest BCUT2D eigenvalue weighted by atomic mass is 19.4. The Morgan fingerprint density at radius 3 is 2.79 bits per heavy atom. The number of fused-ring (bicyclic) bond motifs is 1. The molecule has 1 heterocycles. The van der Waals surface area contributed by atoms with Gasteiger partial charge in [-0.1, -0.05) is 0 Å². The molecule has 2 nitrogen and oxygen atoms in total. The molecule has 78 valence electrons. The van der Waals surface area contributed by atoms with Gasteiger partial charge < -0.3 is 9.52 Å². The van der Waals surface area contributed by atoms with Crippen LogP contribution in [0, 0.1) is 5.92 Å². The number of furan rings is 1. The maximum Gasteiger partial charge on any atom is 0.392 e. The van der Waals surface area contributed by atoms with Crippen LogP contribution in [0.3, 0.4) is 0 Å². The minimum absolute atomic E-state index is 0.164. The molecule has 1 aromatic heterocycles. The number of aliphatic hydroxyl groups is 1. The van der Waals surface area contributed by atoms with Gasteiger partial charge in [0.1, 0.15) is 5.76 Å². The van der Waals surface area contributed by atoms with Gasteiger partial charge in [0, 0.05) is 12.0 Å². The topological polar surface area (TPSA) is 33.4 Å². The van der Waals surface area contributed by atoms with Crippen molar-refractivity contribution in [1.82, 2.24) is 0 Å². The molecule has 0 fully saturated rings. The zero-order valence-corrected chi connectivity index (χ0v) is 7.21. The van der Waals surface area contributed by atoms with Gasteiger partial charge in [-0.25, -0.2) is 0 Å². The minimum Gasteiger partial charge on any atom is -0.469 e. The average Bonchev–Trinajstić information content (AvgIpc) is 2.50. The normalized spacial score (nSPS) is 27.4. The van der Waals surface area contributed by atoms with Crippen LogP contribution in [-0.4, -0.2) is 11.3 Å². The molecule has 1 aromatic rings. The molecule has 5 heteroatoms. The first-order valence-corrected chi connectivity index (χ1v) is 4.29. The summed E-state index contributed by atoms with van der Waals surface area (Å²) in [6.07, 6.45) is -4.43. The van der Waals surface area contributed by atoms with Crippen molar-refractivity contribution in [2.75, 3.05) is 0 Å². The molecule has 1 N–H and O–H groups in total. The third kappa shape index (κ3) is 1.52. The molecule has 0 bridgehead atoms. The van der Waals surface area contributed by atoms with E-state index in [-0.39, 0.29) is 18.6 Å². The van der Waals surface area contributed by atoms with E-state index in [9.17, 15) is 18.3 Å². The van der Waals surface area contributed by atoms with E-state index in [2.05, 4.69) is 0 Å². The minimum atomic E-state index is -4.26. The third-order valence-electron chi connectivity index (χ3n) is 2.54. The van der Waals surface area contributed by atoms with E-state index in [1.807, 2.05) is 0 Å². The molecule has 0 aliphatic heterocycles. The number of alkyl halides is 3. The molecule has 0 saturated heterocycles. The SMILES string of the molecule is O[C@@H]1C[C@H](C(F)(F)F)Cc2occc21. The highest BCUT2D eigenvalue weighted by Crippen LogP contribution is 2.41. The van der Waals surface area contributed by atoms with Gasteiger partial charge in [0.2, 0.25) is 0 Å². The Labute approximate surface area is 78.3 Å². The van der Waals surface area contributed by atoms with Gasteiger partial charge in [0.05, 0.1) is 18.3 Å². The van der Waals surface area contributed by atoms with Crippen molar-refractivity contribution in [3.63, 3.8) is 0 Å². The fourth-order valence-electron chi connectivity index (χ4n) is 1.77. The summed E-state index contributed by atoms with van der Waals surface area (Å²) in [5.74, 6) is -1.23. The number of halogens is 3. The first-order valence-electron chi connectivity index (χ1n) is 4.29. The van der Waals surface area contributed by atoms with Crippen LogP contribution in [0.4, 0.5) is 13.2 Å². The molecule has 0 unspecified atom stereocenters. The van der Waals surface area contributed by atoms with Crippen molar-refractivity contribution >= 4 is 0 Å². The van der Waals surface area contributed by atoms with Gasteiger partial charge in [-0.2, -0.15) is 13.2 Å². The fourth-order valence-corrected chi connectivity index (χ4v) is 1.77. The maximum absolute atomic E-state index is 12.4. The monoisotopic (exact) mass is 206 g/mol. The van der Waals surface area contributed by atoms with Crippen molar-refractivity contribution in [2.24, 2.45) is 5.92 Å². The summed E-state index contributed by atoms with van der Waals surface area (Å²) in [7, 11) is 0. The number of rotatable bonds is 0. The molecule has 0 amide bonds. The molecular formula is C9H9F3O2. The van der Waals surface area contributed by atoms with Crippen LogP contribution in [0.2, 0.25) is 0 Å². The quantitative estimate of drug-likeness (QED) is 0.707. The van der Waals surface area contributed by atoms with Gasteiger partial charge in [0.25, 0.3) is 0 Å². The van der Waals surface area contributed by atoms with Crippen LogP contribution < -0.4 is 0 Å². The summed E-state index contributed by atoms with van der Waals surface area (Å²) < 4.78 is 42.0. The van der Waals surface area contributed by atoms with Crippen molar-refractivity contribution < 1.29 is 22.7 Å². The van der Waals surface area contributed by atoms with E-state index in [4.69, 9.17) is 4.42 Å². The van der Waals surface area contributed by atoms with Gasteiger partial charge >= 0.3 is 6.18 Å². The summed E-state index contributed by atoms with van der Waals surface area (Å²) >= 11 is 0. The van der Waals surface area contributed by atoms with E-state index in [1.165, 1.54) is 12.3 Å². The van der Waals surface area contributed by atoms with Crippen LogP contribution in [-0.2, 0) is 6.42 Å². The molecule has 1 aliphatic carbocycles. The van der Waals surface area contributed by atoms with E-state index >= 15 is 0 Å². The summed E-state index contributed by atoms with van der Waals surface area (Å²) in [5, 5.41) is 9.42. The number of hydrogen-bond donors (Lipinski definition) is 1. The van der Waals surface area contributed by atoms with E-state index < -0.39 is 18.2 Å². The molecule has 0 spiro atoms. The molecule has 0 saturated carbocycles. The molecule has 2 rings (SSSR count). The van der Waals surface area contributed by atoms with Gasteiger partial charge in [0.15, 0.2) is 0 Å². The average molecular weight is 206 g/mol. The highest BCUT2D eigenvalue weighted by molar-refractivity contribution is 5.23. The van der Waals surface area contributed by atoms with Crippen LogP contribution in [0.15, 0.2) is 16.7 Å². The number of hydrogen-bond acceptors (Lipinski definition) is 2. The maximum atomic E-state index is 12.4. The van der Waals surface area contributed by atoms with Crippen LogP contribution in [0.5, 0.6) is 0 Å². The molecule has 1 aliphatic rings. The van der Waals surface area contributed by atoms with Crippen molar-refractivity contribution in [2.45, 2.75) is 25.1 Å². The summed E-state index contributed by atoms with van der Waals surface area (Å²) in [6, 6.07) is 1.52. The third-order valence-corrected chi connectivity index (χ3v) is 2.54. The smallest absolute Gasteiger partial charge is 0.392 e. The zero-order chi connectivity index (χ0) is 10.3. The summed E-state index contributed by atoms with van der Waals surface area (Å²) in [4.78, 5) is 0. The van der Waals surface area contributed by atoms with Gasteiger partial charge in [-0.05, 0) is 12.5 Å². The predicted octanol–water partition coefficient (Wildman–Crippen LogP) is 2.44. The molecule has 0 radical (unpaired) electrons. The highest BCUT2D eigenvalue weighted by Gasteiger charge is 2.44. The zero-order valence-electron chi connectivity index (χ0n) is 7.21. The van der Waals surface area contributed by atoms with Crippen molar-refractivity contribution in [3.8, 4) is 0 Å². The molecule has 14 heavy (non-hydrogen) atoms. The van der Waals surface area contributed by atoms with E-state index in [0.717, 1.165) is 0 Å². The summed E-state index contributed by atoms with van der Waals surface area (Å²) in [5.41, 5.74) is 0.491. The second kappa shape index (κ2) is 3.02. The Hall–Kier alpha value is -0.970.